The SMILES string of the molecule is CC(CSc1nnnn1-c1ccccc1)C(=N)N. The average molecular weight is 262 g/mol. The first-order valence-corrected chi connectivity index (χ1v) is 6.47. The summed E-state index contributed by atoms with van der Waals surface area (Å²) in [6.45, 7) is 1.91. The zero-order valence-electron chi connectivity index (χ0n) is 9.95. The quantitative estimate of drug-likeness (QED) is 0.481. The second-order valence-electron chi connectivity index (χ2n) is 3.88. The predicted octanol–water partition coefficient (Wildman–Crippen LogP) is 1.33. The third kappa shape index (κ3) is 2.86. The lowest BCUT2D eigenvalue weighted by molar-refractivity contribution is 0.754. The third-order valence-corrected chi connectivity index (χ3v) is 3.61. The van der Waals surface area contributed by atoms with E-state index >= 15 is 0 Å². The highest BCUT2D eigenvalue weighted by atomic mass is 32.2. The van der Waals surface area contributed by atoms with Gasteiger partial charge in [0.25, 0.3) is 0 Å². The van der Waals surface area contributed by atoms with Crippen LogP contribution in [0.15, 0.2) is 35.5 Å². The van der Waals surface area contributed by atoms with E-state index in [0.717, 1.165) is 5.69 Å². The highest BCUT2D eigenvalue weighted by molar-refractivity contribution is 7.99. The van der Waals surface area contributed by atoms with E-state index < -0.39 is 0 Å². The molecule has 1 atom stereocenters. The highest BCUT2D eigenvalue weighted by Crippen LogP contribution is 2.20. The first-order valence-electron chi connectivity index (χ1n) is 5.49. The molecule has 0 amide bonds. The number of nitrogens with zero attached hydrogens (tertiary/aromatic N) is 4. The van der Waals surface area contributed by atoms with Gasteiger partial charge >= 0.3 is 0 Å². The number of benzene rings is 1. The molecule has 0 aliphatic heterocycles. The lowest BCUT2D eigenvalue weighted by Crippen LogP contribution is -2.21. The number of hydrogen-bond acceptors (Lipinski definition) is 5. The summed E-state index contributed by atoms with van der Waals surface area (Å²) >= 11 is 1.49. The van der Waals surface area contributed by atoms with Crippen LogP contribution in [0.4, 0.5) is 0 Å². The van der Waals surface area contributed by atoms with Crippen molar-refractivity contribution < 1.29 is 0 Å². The van der Waals surface area contributed by atoms with Crippen molar-refractivity contribution in [2.45, 2.75) is 12.1 Å². The molecular formula is C11H14N6S. The largest absolute Gasteiger partial charge is 0.387 e. The third-order valence-electron chi connectivity index (χ3n) is 2.44. The molecule has 1 heterocycles. The molecule has 1 unspecified atom stereocenters. The van der Waals surface area contributed by atoms with E-state index in [1.807, 2.05) is 37.3 Å². The van der Waals surface area contributed by atoms with Crippen LogP contribution in [0.3, 0.4) is 0 Å². The van der Waals surface area contributed by atoms with Gasteiger partial charge in [-0.2, -0.15) is 4.68 Å². The Labute approximate surface area is 109 Å². The molecule has 18 heavy (non-hydrogen) atoms. The molecule has 0 aliphatic carbocycles. The van der Waals surface area contributed by atoms with Gasteiger partial charge in [0.2, 0.25) is 5.16 Å². The summed E-state index contributed by atoms with van der Waals surface area (Å²) < 4.78 is 1.68. The fraction of sp³-hybridized carbons (Fsp3) is 0.273. The minimum Gasteiger partial charge on any atom is -0.387 e. The predicted molar refractivity (Wildman–Crippen MR) is 71.0 cm³/mol. The van der Waals surface area contributed by atoms with Crippen LogP contribution >= 0.6 is 11.8 Å². The van der Waals surface area contributed by atoms with E-state index in [0.29, 0.717) is 10.9 Å². The summed E-state index contributed by atoms with van der Waals surface area (Å²) in [5.41, 5.74) is 6.35. The maximum Gasteiger partial charge on any atom is 0.214 e. The van der Waals surface area contributed by atoms with E-state index in [4.69, 9.17) is 11.1 Å². The minimum absolute atomic E-state index is 0.0101. The van der Waals surface area contributed by atoms with Crippen LogP contribution in [0.25, 0.3) is 5.69 Å². The molecule has 6 nitrogen and oxygen atoms in total. The molecule has 94 valence electrons. The van der Waals surface area contributed by atoms with Crippen molar-refractivity contribution in [3.63, 3.8) is 0 Å². The van der Waals surface area contributed by atoms with Crippen molar-refractivity contribution in [2.75, 3.05) is 5.75 Å². The first kappa shape index (κ1) is 12.6. The average Bonchev–Trinajstić information content (AvgIpc) is 2.85. The number of tetrazole rings is 1. The van der Waals surface area contributed by atoms with Gasteiger partial charge in [-0.1, -0.05) is 36.9 Å². The zero-order chi connectivity index (χ0) is 13.0. The number of rotatable bonds is 5. The summed E-state index contributed by atoms with van der Waals surface area (Å²) in [5, 5.41) is 19.7. The van der Waals surface area contributed by atoms with Crippen LogP contribution in [-0.2, 0) is 0 Å². The van der Waals surface area contributed by atoms with Gasteiger partial charge in [0.05, 0.1) is 11.5 Å². The van der Waals surface area contributed by atoms with Gasteiger partial charge in [0.1, 0.15) is 0 Å². The van der Waals surface area contributed by atoms with Crippen molar-refractivity contribution >= 4 is 17.6 Å². The van der Waals surface area contributed by atoms with Crippen LogP contribution in [0.1, 0.15) is 6.92 Å². The molecule has 1 aromatic carbocycles. The van der Waals surface area contributed by atoms with Gasteiger partial charge in [0.15, 0.2) is 0 Å². The Morgan fingerprint density at radius 3 is 2.83 bits per heavy atom. The van der Waals surface area contributed by atoms with Crippen molar-refractivity contribution in [3.8, 4) is 5.69 Å². The van der Waals surface area contributed by atoms with Crippen LogP contribution < -0.4 is 5.73 Å². The van der Waals surface area contributed by atoms with Gasteiger partial charge < -0.3 is 5.73 Å². The van der Waals surface area contributed by atoms with Crippen molar-refractivity contribution in [2.24, 2.45) is 11.7 Å². The number of aromatic nitrogens is 4. The molecule has 0 bridgehead atoms. The van der Waals surface area contributed by atoms with Crippen LogP contribution in [-0.4, -0.2) is 31.8 Å². The smallest absolute Gasteiger partial charge is 0.214 e. The standard InChI is InChI=1S/C11H14N6S/c1-8(10(12)13)7-18-11-14-15-16-17(11)9-5-3-2-4-6-9/h2-6,8H,7H2,1H3,(H3,12,13). The second kappa shape index (κ2) is 5.63. The Hall–Kier alpha value is -1.89. The summed E-state index contributed by atoms with van der Waals surface area (Å²) in [6.07, 6.45) is 0. The number of hydrogen-bond donors (Lipinski definition) is 2. The van der Waals surface area contributed by atoms with E-state index in [2.05, 4.69) is 15.5 Å². The van der Waals surface area contributed by atoms with Gasteiger partial charge in [0, 0.05) is 11.7 Å². The van der Waals surface area contributed by atoms with E-state index in [-0.39, 0.29) is 11.8 Å². The number of nitrogens with two attached hydrogens (primary N) is 1. The maximum atomic E-state index is 7.35. The Balaban J connectivity index is 2.12. The van der Waals surface area contributed by atoms with Gasteiger partial charge in [-0.3, -0.25) is 5.41 Å². The van der Waals surface area contributed by atoms with Crippen LogP contribution in [0, 0.1) is 11.3 Å². The Bertz CT molecular complexity index is 523. The molecule has 0 fully saturated rings. The number of thioether (sulfide) groups is 1. The Morgan fingerprint density at radius 1 is 1.44 bits per heavy atom. The monoisotopic (exact) mass is 262 g/mol. The normalized spacial score (nSPS) is 12.3. The summed E-state index contributed by atoms with van der Waals surface area (Å²) in [5.74, 6) is 0.875. The van der Waals surface area contributed by atoms with Crippen LogP contribution in [0.5, 0.6) is 0 Å². The maximum absolute atomic E-state index is 7.35. The fourth-order valence-electron chi connectivity index (χ4n) is 1.29. The molecule has 0 saturated carbocycles. The lowest BCUT2D eigenvalue weighted by Gasteiger charge is -2.08. The second-order valence-corrected chi connectivity index (χ2v) is 4.86. The van der Waals surface area contributed by atoms with Gasteiger partial charge in [-0.15, -0.1) is 5.10 Å². The van der Waals surface area contributed by atoms with E-state index in [1.165, 1.54) is 11.8 Å². The summed E-state index contributed by atoms with van der Waals surface area (Å²) in [6, 6.07) is 9.69. The first-order chi connectivity index (χ1) is 8.68. The molecular weight excluding hydrogens is 248 g/mol. The molecule has 2 rings (SSSR count). The zero-order valence-corrected chi connectivity index (χ0v) is 10.8. The molecule has 1 aromatic heterocycles. The van der Waals surface area contributed by atoms with Crippen LogP contribution in [0.2, 0.25) is 0 Å². The molecule has 7 heteroatoms. The molecule has 0 radical (unpaired) electrons. The molecule has 0 aliphatic rings. The molecule has 2 aromatic rings. The van der Waals surface area contributed by atoms with Gasteiger partial charge in [-0.25, -0.2) is 0 Å². The Morgan fingerprint density at radius 2 is 2.17 bits per heavy atom. The van der Waals surface area contributed by atoms with Crippen molar-refractivity contribution in [3.05, 3.63) is 30.3 Å². The summed E-state index contributed by atoms with van der Waals surface area (Å²) in [7, 11) is 0. The number of para-hydroxylation sites is 1. The Kier molecular flexibility index (Phi) is 3.93. The van der Waals surface area contributed by atoms with E-state index in [1.54, 1.807) is 4.68 Å². The lowest BCUT2D eigenvalue weighted by atomic mass is 10.2. The molecule has 3 N–H and O–H groups in total. The number of amidine groups is 1. The summed E-state index contributed by atoms with van der Waals surface area (Å²) in [4.78, 5) is 0. The fourth-order valence-corrected chi connectivity index (χ4v) is 2.23. The van der Waals surface area contributed by atoms with Gasteiger partial charge in [-0.05, 0) is 22.6 Å². The topological polar surface area (TPSA) is 93.5 Å². The molecule has 0 saturated heterocycles. The van der Waals surface area contributed by atoms with Crippen molar-refractivity contribution in [1.29, 1.82) is 5.41 Å². The van der Waals surface area contributed by atoms with Crippen molar-refractivity contribution in [1.82, 2.24) is 20.2 Å². The number of nitrogens with one attached hydrogen (secondary N) is 1. The highest BCUT2D eigenvalue weighted by Gasteiger charge is 2.12. The minimum atomic E-state index is 0.0101. The molecule has 0 spiro atoms. The van der Waals surface area contributed by atoms with E-state index in [9.17, 15) is 0 Å².